The van der Waals surface area contributed by atoms with Crippen molar-refractivity contribution >= 4 is 8.25 Å². The summed E-state index contributed by atoms with van der Waals surface area (Å²) in [7, 11) is -1.44. The van der Waals surface area contributed by atoms with Crippen LogP contribution in [0.15, 0.2) is 0 Å². The Kier molecular flexibility index (Phi) is 16.6. The zero-order valence-electron chi connectivity index (χ0n) is 7.58. The van der Waals surface area contributed by atoms with E-state index in [0.29, 0.717) is 0 Å². The SMILES string of the molecule is CCOCCCN.CO[PH](=O)O. The standard InChI is InChI=1S/C5H13NO.CH5O3P/c1-2-7-5-3-4-6;1-4-5(2)3/h2-6H2,1H3;5H,1H3,(H,2,3). The van der Waals surface area contributed by atoms with Crippen molar-refractivity contribution in [3.05, 3.63) is 0 Å². The van der Waals surface area contributed by atoms with Crippen molar-refractivity contribution in [1.29, 1.82) is 0 Å². The molecule has 0 saturated carbocycles. The van der Waals surface area contributed by atoms with Crippen molar-refractivity contribution in [2.45, 2.75) is 13.3 Å². The molecule has 3 N–H and O–H groups in total. The third-order valence-electron chi connectivity index (χ3n) is 0.872. The Hall–Kier alpha value is 0.0700. The quantitative estimate of drug-likeness (QED) is 0.494. The summed E-state index contributed by atoms with van der Waals surface area (Å²) in [5.74, 6) is 0. The molecule has 5 nitrogen and oxygen atoms in total. The van der Waals surface area contributed by atoms with Crippen LogP contribution in [0.5, 0.6) is 0 Å². The predicted molar refractivity (Wildman–Crippen MR) is 48.4 cm³/mol. The molecule has 0 amide bonds. The molecule has 0 fully saturated rings. The van der Waals surface area contributed by atoms with Crippen LogP contribution < -0.4 is 5.73 Å². The van der Waals surface area contributed by atoms with Crippen LogP contribution in [0.25, 0.3) is 0 Å². The van der Waals surface area contributed by atoms with E-state index in [-0.39, 0.29) is 0 Å². The molecule has 0 saturated heterocycles. The maximum Gasteiger partial charge on any atom is 0.316 e. The first kappa shape index (κ1) is 14.6. The van der Waals surface area contributed by atoms with Crippen molar-refractivity contribution in [2.75, 3.05) is 26.9 Å². The molecule has 0 aliphatic carbocycles. The van der Waals surface area contributed by atoms with Gasteiger partial charge in [-0.25, -0.2) is 0 Å². The van der Waals surface area contributed by atoms with Gasteiger partial charge in [0, 0.05) is 20.3 Å². The van der Waals surface area contributed by atoms with Gasteiger partial charge in [-0.1, -0.05) is 0 Å². The van der Waals surface area contributed by atoms with Crippen molar-refractivity contribution in [1.82, 2.24) is 0 Å². The molecule has 0 heterocycles. The van der Waals surface area contributed by atoms with E-state index in [1.165, 1.54) is 7.11 Å². The van der Waals surface area contributed by atoms with E-state index in [1.54, 1.807) is 0 Å². The zero-order valence-corrected chi connectivity index (χ0v) is 8.58. The Balaban J connectivity index is 0. The Morgan fingerprint density at radius 1 is 1.58 bits per heavy atom. The molecule has 0 aromatic carbocycles. The second-order valence-corrected chi connectivity index (χ2v) is 2.75. The van der Waals surface area contributed by atoms with Gasteiger partial charge in [0.15, 0.2) is 0 Å². The van der Waals surface area contributed by atoms with Crippen molar-refractivity contribution < 1.29 is 18.7 Å². The van der Waals surface area contributed by atoms with Crippen LogP contribution in [0.1, 0.15) is 13.3 Å². The highest BCUT2D eigenvalue weighted by atomic mass is 31.1. The average Bonchev–Trinajstić information content (AvgIpc) is 2.07. The number of nitrogens with two attached hydrogens (primary N) is 1. The van der Waals surface area contributed by atoms with Gasteiger partial charge in [-0.3, -0.25) is 4.57 Å². The molecule has 76 valence electrons. The molecule has 0 aliphatic rings. The lowest BCUT2D eigenvalue weighted by molar-refractivity contribution is 0.146. The summed E-state index contributed by atoms with van der Waals surface area (Å²) in [5.41, 5.74) is 5.19. The number of hydrogen-bond acceptors (Lipinski definition) is 4. The van der Waals surface area contributed by atoms with E-state index in [9.17, 15) is 4.57 Å². The maximum atomic E-state index is 9.33. The number of hydrogen-bond donors (Lipinski definition) is 2. The molecular weight excluding hydrogens is 181 g/mol. The van der Waals surface area contributed by atoms with E-state index in [4.69, 9.17) is 15.4 Å². The highest BCUT2D eigenvalue weighted by Gasteiger charge is 1.78. The van der Waals surface area contributed by atoms with Gasteiger partial charge in [0.1, 0.15) is 0 Å². The Morgan fingerprint density at radius 2 is 2.08 bits per heavy atom. The molecule has 0 radical (unpaired) electrons. The largest absolute Gasteiger partial charge is 0.382 e. The molecule has 12 heavy (non-hydrogen) atoms. The summed E-state index contributed by atoms with van der Waals surface area (Å²) >= 11 is 0. The minimum Gasteiger partial charge on any atom is -0.382 e. The third kappa shape index (κ3) is 22.5. The van der Waals surface area contributed by atoms with Gasteiger partial charge in [-0.05, 0) is 19.9 Å². The molecule has 1 unspecified atom stereocenters. The van der Waals surface area contributed by atoms with E-state index in [0.717, 1.165) is 26.2 Å². The summed E-state index contributed by atoms with van der Waals surface area (Å²) in [5, 5.41) is 0. The van der Waals surface area contributed by atoms with Crippen molar-refractivity contribution in [2.24, 2.45) is 5.73 Å². The lowest BCUT2D eigenvalue weighted by Gasteiger charge is -1.94. The third-order valence-corrected chi connectivity index (χ3v) is 1.22. The zero-order chi connectivity index (χ0) is 9.82. The topological polar surface area (TPSA) is 81.8 Å². The lowest BCUT2D eigenvalue weighted by Crippen LogP contribution is -2.03. The Labute approximate surface area is 73.8 Å². The highest BCUT2D eigenvalue weighted by molar-refractivity contribution is 7.32. The fourth-order valence-corrected chi connectivity index (χ4v) is 0.330. The second-order valence-electron chi connectivity index (χ2n) is 1.81. The fourth-order valence-electron chi connectivity index (χ4n) is 0.330. The van der Waals surface area contributed by atoms with E-state index in [2.05, 4.69) is 4.52 Å². The van der Waals surface area contributed by atoms with E-state index >= 15 is 0 Å². The average molecular weight is 199 g/mol. The first-order valence-electron chi connectivity index (χ1n) is 3.73. The van der Waals surface area contributed by atoms with Crippen LogP contribution in [0.4, 0.5) is 0 Å². The predicted octanol–water partition coefficient (Wildman–Crippen LogP) is 0.387. The molecule has 6 heteroatoms. The first-order valence-corrected chi connectivity index (χ1v) is 5.00. The van der Waals surface area contributed by atoms with Gasteiger partial charge in [-0.2, -0.15) is 0 Å². The van der Waals surface area contributed by atoms with Crippen molar-refractivity contribution in [3.8, 4) is 0 Å². The lowest BCUT2D eigenvalue weighted by atomic mass is 10.5. The smallest absolute Gasteiger partial charge is 0.316 e. The van der Waals surface area contributed by atoms with E-state index < -0.39 is 8.25 Å². The molecule has 0 aromatic heterocycles. The van der Waals surface area contributed by atoms with Crippen LogP contribution in [0, 0.1) is 0 Å². The minimum atomic E-state index is -2.62. The summed E-state index contributed by atoms with van der Waals surface area (Å²) in [6.07, 6.45) is 0.980. The molecule has 1 atom stereocenters. The minimum absolute atomic E-state index is 0.736. The molecule has 0 aromatic rings. The summed E-state index contributed by atoms with van der Waals surface area (Å²) in [4.78, 5) is 7.69. The molecule has 0 bridgehead atoms. The van der Waals surface area contributed by atoms with Gasteiger partial charge >= 0.3 is 8.25 Å². The van der Waals surface area contributed by atoms with E-state index in [1.807, 2.05) is 6.92 Å². The Bertz CT molecular complexity index is 97.5. The highest BCUT2D eigenvalue weighted by Crippen LogP contribution is 2.09. The summed E-state index contributed by atoms with van der Waals surface area (Å²) in [6.45, 7) is 4.34. The van der Waals surface area contributed by atoms with Gasteiger partial charge in [0.05, 0.1) is 0 Å². The molecule has 0 rings (SSSR count). The van der Waals surface area contributed by atoms with Gasteiger partial charge in [0.2, 0.25) is 0 Å². The van der Waals surface area contributed by atoms with Crippen LogP contribution in [0.3, 0.4) is 0 Å². The normalized spacial score (nSPS) is 11.7. The van der Waals surface area contributed by atoms with Gasteiger partial charge in [0.25, 0.3) is 0 Å². The molecular formula is C6H18NO4P. The number of rotatable bonds is 5. The van der Waals surface area contributed by atoms with Crippen LogP contribution in [-0.4, -0.2) is 31.8 Å². The molecule has 0 aliphatic heterocycles. The van der Waals surface area contributed by atoms with Crippen LogP contribution >= 0.6 is 8.25 Å². The maximum absolute atomic E-state index is 9.33. The Morgan fingerprint density at radius 3 is 2.33 bits per heavy atom. The monoisotopic (exact) mass is 199 g/mol. The molecule has 0 spiro atoms. The van der Waals surface area contributed by atoms with Crippen LogP contribution in [-0.2, 0) is 13.8 Å². The summed E-state index contributed by atoms with van der Waals surface area (Å²) < 4.78 is 18.2. The first-order chi connectivity index (χ1) is 5.68. The number of ether oxygens (including phenoxy) is 1. The van der Waals surface area contributed by atoms with Gasteiger partial charge in [-0.15, -0.1) is 0 Å². The van der Waals surface area contributed by atoms with Gasteiger partial charge < -0.3 is 19.9 Å². The fraction of sp³-hybridized carbons (Fsp3) is 1.00. The second kappa shape index (κ2) is 13.6. The summed E-state index contributed by atoms with van der Waals surface area (Å²) in [6, 6.07) is 0. The van der Waals surface area contributed by atoms with Crippen LogP contribution in [0.2, 0.25) is 0 Å². The van der Waals surface area contributed by atoms with Crippen molar-refractivity contribution in [3.63, 3.8) is 0 Å².